The summed E-state index contributed by atoms with van der Waals surface area (Å²) in [4.78, 5) is 8.99. The van der Waals surface area contributed by atoms with Crippen LogP contribution in [-0.4, -0.2) is 49.6 Å². The Labute approximate surface area is 155 Å². The van der Waals surface area contributed by atoms with Gasteiger partial charge in [-0.25, -0.2) is 18.4 Å². The van der Waals surface area contributed by atoms with Crippen LogP contribution in [0.15, 0.2) is 23.3 Å². The number of aromatic nitrogens is 1. The lowest BCUT2D eigenvalue weighted by atomic mass is 10.2. The SMILES string of the molecule is CCNC(=NCc1cccnc1OC1CCCC1)NC1CCS(=O)(=O)C1. The van der Waals surface area contributed by atoms with E-state index >= 15 is 0 Å². The Morgan fingerprint density at radius 1 is 1.35 bits per heavy atom. The molecule has 2 N–H and O–H groups in total. The van der Waals surface area contributed by atoms with Crippen LogP contribution in [0, 0.1) is 0 Å². The molecule has 1 aromatic heterocycles. The molecule has 0 aromatic carbocycles. The second-order valence-corrected chi connectivity index (χ2v) is 9.16. The summed E-state index contributed by atoms with van der Waals surface area (Å²) in [7, 11) is -2.92. The minimum absolute atomic E-state index is 0.0825. The maximum absolute atomic E-state index is 11.6. The molecule has 1 aromatic rings. The first-order chi connectivity index (χ1) is 12.6. The van der Waals surface area contributed by atoms with Crippen molar-refractivity contribution >= 4 is 15.8 Å². The van der Waals surface area contributed by atoms with Crippen molar-refractivity contribution in [1.29, 1.82) is 0 Å². The van der Waals surface area contributed by atoms with E-state index in [4.69, 9.17) is 4.74 Å². The largest absolute Gasteiger partial charge is 0.474 e. The first-order valence-electron chi connectivity index (χ1n) is 9.41. The molecule has 2 fully saturated rings. The van der Waals surface area contributed by atoms with Gasteiger partial charge in [-0.15, -0.1) is 0 Å². The highest BCUT2D eigenvalue weighted by Crippen LogP contribution is 2.25. The fourth-order valence-electron chi connectivity index (χ4n) is 3.40. The summed E-state index contributed by atoms with van der Waals surface area (Å²) in [5, 5.41) is 6.42. The molecular weight excluding hydrogens is 352 g/mol. The van der Waals surface area contributed by atoms with Crippen molar-refractivity contribution in [3.8, 4) is 5.88 Å². The molecule has 7 nitrogen and oxygen atoms in total. The van der Waals surface area contributed by atoms with Crippen LogP contribution in [0.2, 0.25) is 0 Å². The van der Waals surface area contributed by atoms with E-state index in [1.54, 1.807) is 6.20 Å². The van der Waals surface area contributed by atoms with E-state index in [-0.39, 0.29) is 23.7 Å². The first-order valence-corrected chi connectivity index (χ1v) is 11.2. The smallest absolute Gasteiger partial charge is 0.218 e. The number of nitrogens with zero attached hydrogens (tertiary/aromatic N) is 2. The molecule has 1 aliphatic carbocycles. The quantitative estimate of drug-likeness (QED) is 0.576. The molecule has 26 heavy (non-hydrogen) atoms. The van der Waals surface area contributed by atoms with Gasteiger partial charge in [-0.2, -0.15) is 0 Å². The van der Waals surface area contributed by atoms with Crippen molar-refractivity contribution in [3.05, 3.63) is 23.9 Å². The topological polar surface area (TPSA) is 92.7 Å². The molecule has 2 aliphatic rings. The summed E-state index contributed by atoms with van der Waals surface area (Å²) in [6, 6.07) is 3.78. The van der Waals surface area contributed by atoms with Crippen molar-refractivity contribution < 1.29 is 13.2 Å². The molecule has 8 heteroatoms. The van der Waals surface area contributed by atoms with Gasteiger partial charge in [-0.3, -0.25) is 0 Å². The van der Waals surface area contributed by atoms with Gasteiger partial charge in [0.1, 0.15) is 6.10 Å². The third kappa shape index (κ3) is 5.33. The van der Waals surface area contributed by atoms with Gasteiger partial charge in [-0.05, 0) is 45.1 Å². The van der Waals surface area contributed by atoms with Crippen LogP contribution < -0.4 is 15.4 Å². The average Bonchev–Trinajstić information content (AvgIpc) is 3.23. The third-order valence-corrected chi connectivity index (χ3v) is 6.52. The molecule has 1 aliphatic heterocycles. The van der Waals surface area contributed by atoms with Gasteiger partial charge in [-0.1, -0.05) is 6.07 Å². The number of hydrogen-bond acceptors (Lipinski definition) is 5. The Balaban J connectivity index is 1.65. The normalized spacial score (nSPS) is 23.1. The zero-order valence-corrected chi connectivity index (χ0v) is 16.1. The lowest BCUT2D eigenvalue weighted by Gasteiger charge is -2.17. The minimum atomic E-state index is -2.92. The number of nitrogens with one attached hydrogen (secondary N) is 2. The van der Waals surface area contributed by atoms with Gasteiger partial charge in [0.2, 0.25) is 5.88 Å². The zero-order valence-electron chi connectivity index (χ0n) is 15.3. The lowest BCUT2D eigenvalue weighted by molar-refractivity contribution is 0.199. The van der Waals surface area contributed by atoms with E-state index < -0.39 is 9.84 Å². The lowest BCUT2D eigenvalue weighted by Crippen LogP contribution is -2.44. The number of sulfone groups is 1. The highest BCUT2D eigenvalue weighted by atomic mass is 32.2. The van der Waals surface area contributed by atoms with Crippen molar-refractivity contribution in [1.82, 2.24) is 15.6 Å². The molecule has 0 bridgehead atoms. The van der Waals surface area contributed by atoms with Gasteiger partial charge in [0.15, 0.2) is 15.8 Å². The molecule has 1 atom stereocenters. The van der Waals surface area contributed by atoms with Crippen molar-refractivity contribution in [2.24, 2.45) is 4.99 Å². The Morgan fingerprint density at radius 2 is 2.15 bits per heavy atom. The number of ether oxygens (including phenoxy) is 1. The Kier molecular flexibility index (Phi) is 6.34. The van der Waals surface area contributed by atoms with Crippen LogP contribution in [-0.2, 0) is 16.4 Å². The third-order valence-electron chi connectivity index (χ3n) is 4.76. The van der Waals surface area contributed by atoms with E-state index in [0.29, 0.717) is 31.3 Å². The second-order valence-electron chi connectivity index (χ2n) is 6.93. The molecule has 0 radical (unpaired) electrons. The minimum Gasteiger partial charge on any atom is -0.474 e. The monoisotopic (exact) mass is 380 g/mol. The maximum Gasteiger partial charge on any atom is 0.218 e. The fraction of sp³-hybridized carbons (Fsp3) is 0.667. The zero-order chi connectivity index (χ0) is 18.4. The predicted molar refractivity (Wildman–Crippen MR) is 102 cm³/mol. The molecular formula is C18H28N4O3S. The second kappa shape index (κ2) is 8.70. The molecule has 0 spiro atoms. The maximum atomic E-state index is 11.6. The van der Waals surface area contributed by atoms with Crippen LogP contribution in [0.1, 0.15) is 44.6 Å². The molecule has 1 saturated carbocycles. The molecule has 3 rings (SSSR count). The van der Waals surface area contributed by atoms with E-state index in [0.717, 1.165) is 18.4 Å². The molecule has 2 heterocycles. The van der Waals surface area contributed by atoms with E-state index in [1.165, 1.54) is 12.8 Å². The summed E-state index contributed by atoms with van der Waals surface area (Å²) in [6.07, 6.45) is 7.20. The number of guanidine groups is 1. The van der Waals surface area contributed by atoms with Gasteiger partial charge >= 0.3 is 0 Å². The Bertz CT molecular complexity index is 730. The Hall–Kier alpha value is -1.83. The fourth-order valence-corrected chi connectivity index (χ4v) is 5.07. The van der Waals surface area contributed by atoms with Gasteiger partial charge in [0.25, 0.3) is 0 Å². The summed E-state index contributed by atoms with van der Waals surface area (Å²) >= 11 is 0. The van der Waals surface area contributed by atoms with E-state index in [2.05, 4.69) is 20.6 Å². The average molecular weight is 381 g/mol. The highest BCUT2D eigenvalue weighted by molar-refractivity contribution is 7.91. The summed E-state index contributed by atoms with van der Waals surface area (Å²) in [5.74, 6) is 1.69. The van der Waals surface area contributed by atoms with Crippen LogP contribution in [0.25, 0.3) is 0 Å². The predicted octanol–water partition coefficient (Wildman–Crippen LogP) is 1.65. The van der Waals surface area contributed by atoms with Gasteiger partial charge in [0.05, 0.1) is 18.1 Å². The molecule has 1 saturated heterocycles. The number of aliphatic imine (C=N–C) groups is 1. The van der Waals surface area contributed by atoms with E-state index in [1.807, 2.05) is 19.1 Å². The van der Waals surface area contributed by atoms with Gasteiger partial charge in [0, 0.05) is 24.3 Å². The van der Waals surface area contributed by atoms with Crippen molar-refractivity contribution in [2.45, 2.75) is 57.7 Å². The summed E-state index contributed by atoms with van der Waals surface area (Å²) < 4.78 is 29.3. The number of pyridine rings is 1. The Morgan fingerprint density at radius 3 is 2.85 bits per heavy atom. The van der Waals surface area contributed by atoms with Crippen LogP contribution in [0.3, 0.4) is 0 Å². The van der Waals surface area contributed by atoms with Crippen LogP contribution >= 0.6 is 0 Å². The first kappa shape index (κ1) is 18.9. The number of hydrogen-bond donors (Lipinski definition) is 2. The molecule has 1 unspecified atom stereocenters. The summed E-state index contributed by atoms with van der Waals surface area (Å²) in [5.41, 5.74) is 0.940. The van der Waals surface area contributed by atoms with Crippen molar-refractivity contribution in [2.75, 3.05) is 18.1 Å². The number of rotatable bonds is 6. The van der Waals surface area contributed by atoms with Gasteiger partial charge < -0.3 is 15.4 Å². The standard InChI is InChI=1S/C18H28N4O3S/c1-2-19-18(22-15-9-11-26(23,24)13-15)21-12-14-6-5-10-20-17(14)25-16-7-3-4-8-16/h5-6,10,15-16H,2-4,7-9,11-13H2,1H3,(H2,19,21,22). The molecule has 0 amide bonds. The van der Waals surface area contributed by atoms with Crippen LogP contribution in [0.4, 0.5) is 0 Å². The van der Waals surface area contributed by atoms with Crippen LogP contribution in [0.5, 0.6) is 5.88 Å². The highest BCUT2D eigenvalue weighted by Gasteiger charge is 2.28. The van der Waals surface area contributed by atoms with E-state index in [9.17, 15) is 8.42 Å². The molecule has 144 valence electrons. The summed E-state index contributed by atoms with van der Waals surface area (Å²) in [6.45, 7) is 3.13. The van der Waals surface area contributed by atoms with Crippen molar-refractivity contribution in [3.63, 3.8) is 0 Å².